The van der Waals surface area contributed by atoms with Crippen LogP contribution in [0.4, 0.5) is 5.95 Å². The molecule has 1 rings (SSSR count). The maximum absolute atomic E-state index is 6.04. The number of nitrogen functional groups attached to an aromatic ring is 1. The smallest absolute Gasteiger partial charge is 0.200 e. The molecule has 25 heavy (non-hydrogen) atoms. The third-order valence-corrected chi connectivity index (χ3v) is 4.99. The van der Waals surface area contributed by atoms with Crippen molar-refractivity contribution in [1.82, 2.24) is 9.55 Å². The molecule has 148 valence electrons. The third-order valence-electron chi connectivity index (χ3n) is 4.99. The number of rotatable bonds is 16. The minimum absolute atomic E-state index is 0. The Morgan fingerprint density at radius 3 is 1.80 bits per heavy atom. The Balaban J connectivity index is 0.00000576. The Morgan fingerprint density at radius 2 is 1.24 bits per heavy atom. The van der Waals surface area contributed by atoms with E-state index in [0.29, 0.717) is 5.95 Å². The second kappa shape index (κ2) is 16.8. The van der Waals surface area contributed by atoms with Crippen LogP contribution < -0.4 is 5.73 Å². The fraction of sp³-hybridized carbons (Fsp3) is 0.857. The van der Waals surface area contributed by atoms with Gasteiger partial charge in [0.1, 0.15) is 0 Å². The van der Waals surface area contributed by atoms with Crippen molar-refractivity contribution in [1.29, 1.82) is 0 Å². The number of unbranched alkanes of at least 4 members (excludes halogenated alkanes) is 12. The summed E-state index contributed by atoms with van der Waals surface area (Å²) >= 11 is 0. The highest BCUT2D eigenvalue weighted by Gasteiger charge is 2.06. The lowest BCUT2D eigenvalue weighted by atomic mass is 10.1. The van der Waals surface area contributed by atoms with Crippen molar-refractivity contribution in [3.63, 3.8) is 0 Å². The summed E-state index contributed by atoms with van der Waals surface area (Å²) in [6.45, 7) is 5.59. The molecule has 0 aromatic carbocycles. The van der Waals surface area contributed by atoms with E-state index in [-0.39, 0.29) is 12.4 Å². The van der Waals surface area contributed by atoms with Gasteiger partial charge in [0.2, 0.25) is 0 Å². The number of aryl methyl sites for hydroxylation is 1. The van der Waals surface area contributed by atoms with Gasteiger partial charge in [-0.05, 0) is 19.3 Å². The molecule has 3 nitrogen and oxygen atoms in total. The standard InChI is InChI=1S/C21H41N3.ClH/c1-3-5-7-9-10-11-12-13-14-16-18-24-20(19-23-21(24)22)17-15-8-6-4-2;/h19H,3-18H2,1-2H3,(H2,22,23);1H. The van der Waals surface area contributed by atoms with Crippen LogP contribution in [0.15, 0.2) is 6.20 Å². The van der Waals surface area contributed by atoms with E-state index in [1.54, 1.807) is 0 Å². The summed E-state index contributed by atoms with van der Waals surface area (Å²) in [6, 6.07) is 0. The summed E-state index contributed by atoms with van der Waals surface area (Å²) in [5.41, 5.74) is 7.38. The largest absolute Gasteiger partial charge is 0.369 e. The molecule has 2 N–H and O–H groups in total. The quantitative estimate of drug-likeness (QED) is 0.320. The Bertz CT molecular complexity index is 404. The summed E-state index contributed by atoms with van der Waals surface area (Å²) in [5.74, 6) is 0.705. The van der Waals surface area contributed by atoms with Crippen molar-refractivity contribution in [2.75, 3.05) is 5.73 Å². The number of anilines is 1. The van der Waals surface area contributed by atoms with Gasteiger partial charge in [0.25, 0.3) is 0 Å². The van der Waals surface area contributed by atoms with Gasteiger partial charge in [-0.1, -0.05) is 90.9 Å². The van der Waals surface area contributed by atoms with E-state index in [2.05, 4.69) is 23.4 Å². The molecule has 4 heteroatoms. The van der Waals surface area contributed by atoms with Crippen LogP contribution in [0.1, 0.15) is 109 Å². The second-order valence-electron chi connectivity index (χ2n) is 7.25. The molecule has 0 atom stereocenters. The van der Waals surface area contributed by atoms with Crippen molar-refractivity contribution in [3.05, 3.63) is 11.9 Å². The van der Waals surface area contributed by atoms with E-state index in [1.807, 2.05) is 6.20 Å². The minimum atomic E-state index is 0. The lowest BCUT2D eigenvalue weighted by molar-refractivity contribution is 0.529. The molecule has 0 spiro atoms. The highest BCUT2D eigenvalue weighted by molar-refractivity contribution is 5.85. The van der Waals surface area contributed by atoms with Crippen molar-refractivity contribution >= 4 is 18.4 Å². The van der Waals surface area contributed by atoms with E-state index in [9.17, 15) is 0 Å². The molecule has 0 bridgehead atoms. The molecule has 0 saturated carbocycles. The average molecular weight is 372 g/mol. The first kappa shape index (κ1) is 24.3. The Morgan fingerprint density at radius 1 is 0.760 bits per heavy atom. The number of hydrogen-bond acceptors (Lipinski definition) is 2. The maximum Gasteiger partial charge on any atom is 0.200 e. The molecule has 0 unspecified atom stereocenters. The summed E-state index contributed by atoms with van der Waals surface area (Å²) < 4.78 is 2.25. The van der Waals surface area contributed by atoms with Crippen LogP contribution in [-0.4, -0.2) is 9.55 Å². The number of aromatic nitrogens is 2. The summed E-state index contributed by atoms with van der Waals surface area (Å²) in [4.78, 5) is 4.32. The zero-order valence-corrected chi connectivity index (χ0v) is 17.6. The molecule has 1 aromatic rings. The topological polar surface area (TPSA) is 43.8 Å². The zero-order valence-electron chi connectivity index (χ0n) is 16.8. The van der Waals surface area contributed by atoms with E-state index in [0.717, 1.165) is 13.0 Å². The third kappa shape index (κ3) is 11.5. The number of halogens is 1. The Labute approximate surface area is 162 Å². The molecule has 0 radical (unpaired) electrons. The molecular weight excluding hydrogens is 330 g/mol. The SMILES string of the molecule is CCCCCCCCCCCCn1c(CCCCCC)cnc1N.Cl. The molecule has 0 aliphatic rings. The average Bonchev–Trinajstić information content (AvgIpc) is 2.93. The summed E-state index contributed by atoms with van der Waals surface area (Å²) in [5, 5.41) is 0. The van der Waals surface area contributed by atoms with Gasteiger partial charge in [0, 0.05) is 12.2 Å². The van der Waals surface area contributed by atoms with E-state index < -0.39 is 0 Å². The first-order valence-corrected chi connectivity index (χ1v) is 10.6. The van der Waals surface area contributed by atoms with Crippen LogP contribution in [0.3, 0.4) is 0 Å². The second-order valence-corrected chi connectivity index (χ2v) is 7.25. The monoisotopic (exact) mass is 371 g/mol. The fourth-order valence-corrected chi connectivity index (χ4v) is 3.38. The van der Waals surface area contributed by atoms with Gasteiger partial charge in [-0.2, -0.15) is 0 Å². The van der Waals surface area contributed by atoms with Crippen molar-refractivity contribution in [2.24, 2.45) is 0 Å². The fourth-order valence-electron chi connectivity index (χ4n) is 3.38. The molecule has 0 aliphatic carbocycles. The highest BCUT2D eigenvalue weighted by atomic mass is 35.5. The van der Waals surface area contributed by atoms with E-state index >= 15 is 0 Å². The van der Waals surface area contributed by atoms with Crippen LogP contribution in [0.25, 0.3) is 0 Å². The van der Waals surface area contributed by atoms with E-state index in [4.69, 9.17) is 5.73 Å². The van der Waals surface area contributed by atoms with Gasteiger partial charge in [0.05, 0.1) is 6.20 Å². The van der Waals surface area contributed by atoms with Gasteiger partial charge < -0.3 is 10.3 Å². The van der Waals surface area contributed by atoms with Gasteiger partial charge in [-0.25, -0.2) is 4.98 Å². The normalized spacial score (nSPS) is 10.8. The predicted molar refractivity (Wildman–Crippen MR) is 114 cm³/mol. The first-order valence-electron chi connectivity index (χ1n) is 10.6. The lowest BCUT2D eigenvalue weighted by Crippen LogP contribution is -2.07. The first-order chi connectivity index (χ1) is 11.8. The van der Waals surface area contributed by atoms with Crippen LogP contribution in [-0.2, 0) is 13.0 Å². The molecule has 0 amide bonds. The Kier molecular flexibility index (Phi) is 16.3. The van der Waals surface area contributed by atoms with Gasteiger partial charge >= 0.3 is 0 Å². The highest BCUT2D eigenvalue weighted by Crippen LogP contribution is 2.15. The van der Waals surface area contributed by atoms with Gasteiger partial charge in [-0.15, -0.1) is 12.4 Å². The summed E-state index contributed by atoms with van der Waals surface area (Å²) in [7, 11) is 0. The van der Waals surface area contributed by atoms with E-state index in [1.165, 1.54) is 95.6 Å². The van der Waals surface area contributed by atoms with Crippen LogP contribution in [0.2, 0.25) is 0 Å². The summed E-state index contributed by atoms with van der Waals surface area (Å²) in [6.07, 6.45) is 22.1. The zero-order chi connectivity index (χ0) is 17.5. The molecule has 0 saturated heterocycles. The maximum atomic E-state index is 6.04. The van der Waals surface area contributed by atoms with Crippen LogP contribution >= 0.6 is 12.4 Å². The Hall–Kier alpha value is -0.700. The van der Waals surface area contributed by atoms with Crippen molar-refractivity contribution in [3.8, 4) is 0 Å². The molecule has 1 heterocycles. The molecule has 0 fully saturated rings. The van der Waals surface area contributed by atoms with Gasteiger partial charge in [0.15, 0.2) is 5.95 Å². The predicted octanol–water partition coefficient (Wildman–Crippen LogP) is 6.93. The number of hydrogen-bond donors (Lipinski definition) is 1. The van der Waals surface area contributed by atoms with Crippen molar-refractivity contribution in [2.45, 2.75) is 117 Å². The molecule has 0 aliphatic heterocycles. The van der Waals surface area contributed by atoms with Crippen molar-refractivity contribution < 1.29 is 0 Å². The lowest BCUT2D eigenvalue weighted by Gasteiger charge is -2.10. The number of nitrogens with zero attached hydrogens (tertiary/aromatic N) is 2. The van der Waals surface area contributed by atoms with Crippen LogP contribution in [0.5, 0.6) is 0 Å². The van der Waals surface area contributed by atoms with Gasteiger partial charge in [-0.3, -0.25) is 0 Å². The molecular formula is C21H42ClN3. The minimum Gasteiger partial charge on any atom is -0.369 e. The molecule has 1 aromatic heterocycles. The number of imidazole rings is 1. The van der Waals surface area contributed by atoms with Crippen LogP contribution in [0, 0.1) is 0 Å². The number of nitrogens with two attached hydrogens (primary N) is 1.